The summed E-state index contributed by atoms with van der Waals surface area (Å²) in [5.74, 6) is -0.523. The van der Waals surface area contributed by atoms with Gasteiger partial charge in [0.1, 0.15) is 29.5 Å². The number of ether oxygens (including phenoxy) is 1. The lowest BCUT2D eigenvalue weighted by Gasteiger charge is -2.04. The Kier molecular flexibility index (Phi) is 4.91. The van der Waals surface area contributed by atoms with Gasteiger partial charge in [-0.3, -0.25) is 19.6 Å². The highest BCUT2D eigenvalue weighted by Gasteiger charge is 2.23. The molecule has 3 rings (SSSR count). The summed E-state index contributed by atoms with van der Waals surface area (Å²) >= 11 is 3.08. The summed E-state index contributed by atoms with van der Waals surface area (Å²) in [6, 6.07) is 1.98. The van der Waals surface area contributed by atoms with Gasteiger partial charge in [-0.1, -0.05) is 0 Å². The molecule has 130 valence electrons. The second-order valence-corrected chi connectivity index (χ2v) is 6.89. The Labute approximate surface area is 150 Å². The van der Waals surface area contributed by atoms with Crippen LogP contribution in [0, 0.1) is 24.0 Å². The number of nitrogens with zero attached hydrogens (tertiary/aromatic N) is 4. The second kappa shape index (κ2) is 7.11. The van der Waals surface area contributed by atoms with Gasteiger partial charge >= 0.3 is 11.7 Å². The van der Waals surface area contributed by atoms with E-state index in [4.69, 9.17) is 4.74 Å². The highest BCUT2D eigenvalue weighted by atomic mass is 32.1. The van der Waals surface area contributed by atoms with Crippen molar-refractivity contribution in [2.45, 2.75) is 27.0 Å². The molecule has 0 bridgehead atoms. The van der Waals surface area contributed by atoms with Gasteiger partial charge in [0.15, 0.2) is 0 Å². The van der Waals surface area contributed by atoms with Crippen molar-refractivity contribution >= 4 is 34.3 Å². The molecule has 3 aromatic heterocycles. The van der Waals surface area contributed by atoms with Crippen molar-refractivity contribution in [2.24, 2.45) is 0 Å². The zero-order valence-electron chi connectivity index (χ0n) is 13.5. The van der Waals surface area contributed by atoms with Crippen LogP contribution in [0.25, 0.3) is 10.6 Å². The lowest BCUT2D eigenvalue weighted by atomic mass is 10.3. The van der Waals surface area contributed by atoms with Gasteiger partial charge in [-0.05, 0) is 25.3 Å². The molecule has 8 nitrogen and oxygen atoms in total. The Balaban J connectivity index is 1.60. The van der Waals surface area contributed by atoms with Crippen LogP contribution >= 0.6 is 22.7 Å². The summed E-state index contributed by atoms with van der Waals surface area (Å²) in [6.45, 7) is 2.97. The first-order valence-electron chi connectivity index (χ1n) is 7.26. The third-order valence-corrected chi connectivity index (χ3v) is 5.13. The molecule has 0 aliphatic heterocycles. The van der Waals surface area contributed by atoms with Crippen LogP contribution in [-0.4, -0.2) is 25.7 Å². The van der Waals surface area contributed by atoms with Gasteiger partial charge in [-0.15, -0.1) is 11.3 Å². The van der Waals surface area contributed by atoms with Gasteiger partial charge in [0.05, 0.1) is 10.6 Å². The molecular formula is C15H14N4O4S2. The maximum absolute atomic E-state index is 12.0. The maximum atomic E-state index is 12.0. The van der Waals surface area contributed by atoms with Gasteiger partial charge < -0.3 is 4.74 Å². The quantitative estimate of drug-likeness (QED) is 0.370. The topological polar surface area (TPSA) is 100 Å². The van der Waals surface area contributed by atoms with E-state index in [1.165, 1.54) is 22.9 Å². The molecule has 0 unspecified atom stereocenters. The third-order valence-electron chi connectivity index (χ3n) is 3.51. The molecule has 10 heteroatoms. The first-order valence-corrected chi connectivity index (χ1v) is 9.09. The molecule has 0 spiro atoms. The van der Waals surface area contributed by atoms with E-state index in [0.29, 0.717) is 11.4 Å². The van der Waals surface area contributed by atoms with Crippen LogP contribution in [0.2, 0.25) is 0 Å². The van der Waals surface area contributed by atoms with E-state index in [1.807, 2.05) is 22.2 Å². The molecule has 0 aliphatic rings. The molecule has 25 heavy (non-hydrogen) atoms. The first-order chi connectivity index (χ1) is 12.0. The largest absolute Gasteiger partial charge is 0.458 e. The van der Waals surface area contributed by atoms with Crippen LogP contribution < -0.4 is 0 Å². The number of aryl methyl sites for hydroxylation is 1. The van der Waals surface area contributed by atoms with E-state index in [2.05, 4.69) is 10.1 Å². The predicted molar refractivity (Wildman–Crippen MR) is 93.6 cm³/mol. The molecule has 3 heterocycles. The lowest BCUT2D eigenvalue weighted by molar-refractivity contribution is -0.386. The minimum atomic E-state index is -0.523. The molecule has 0 fully saturated rings. The predicted octanol–water partition coefficient (Wildman–Crippen LogP) is 3.34. The fourth-order valence-electron chi connectivity index (χ4n) is 2.32. The second-order valence-electron chi connectivity index (χ2n) is 5.25. The highest BCUT2D eigenvalue weighted by Crippen LogP contribution is 2.26. The first kappa shape index (κ1) is 17.2. The fraction of sp³-hybridized carbons (Fsp3) is 0.267. The summed E-state index contributed by atoms with van der Waals surface area (Å²) in [5.41, 5.74) is 2.23. The van der Waals surface area contributed by atoms with Crippen molar-refractivity contribution in [3.05, 3.63) is 49.4 Å². The summed E-state index contributed by atoms with van der Waals surface area (Å²) in [5, 5.41) is 21.7. The van der Waals surface area contributed by atoms with Gasteiger partial charge in [0.25, 0.3) is 0 Å². The van der Waals surface area contributed by atoms with Crippen LogP contribution in [0.5, 0.6) is 0 Å². The van der Waals surface area contributed by atoms with Crippen molar-refractivity contribution < 1.29 is 14.5 Å². The number of hydrogen-bond donors (Lipinski definition) is 0. The molecule has 0 N–H and O–H groups in total. The number of carbonyl (C=O) groups excluding carboxylic acids is 1. The number of carbonyl (C=O) groups is 1. The molecule has 0 saturated heterocycles. The summed E-state index contributed by atoms with van der Waals surface area (Å²) in [7, 11) is 0. The maximum Gasteiger partial charge on any atom is 0.328 e. The summed E-state index contributed by atoms with van der Waals surface area (Å²) < 4.78 is 6.49. The van der Waals surface area contributed by atoms with Crippen LogP contribution in [0.3, 0.4) is 0 Å². The van der Waals surface area contributed by atoms with Gasteiger partial charge in [-0.2, -0.15) is 16.4 Å². The molecular weight excluding hydrogens is 364 g/mol. The number of rotatable bonds is 6. The molecule has 0 saturated carbocycles. The van der Waals surface area contributed by atoms with E-state index < -0.39 is 10.9 Å². The Hall–Kier alpha value is -2.59. The number of esters is 1. The van der Waals surface area contributed by atoms with Crippen molar-refractivity contribution in [3.63, 3.8) is 0 Å². The number of thiophene rings is 1. The normalized spacial score (nSPS) is 10.8. The van der Waals surface area contributed by atoms with Gasteiger partial charge in [-0.25, -0.2) is 4.98 Å². The molecule has 0 amide bonds. The van der Waals surface area contributed by atoms with Crippen LogP contribution in [0.15, 0.2) is 22.2 Å². The SMILES string of the molecule is Cc1nn(CC(=O)OCc2csc(-c3ccsc3)n2)c(C)c1[N+](=O)[O-]. The number of hydrogen-bond acceptors (Lipinski definition) is 8. The minimum absolute atomic E-state index is 0.0564. The Bertz CT molecular complexity index is 914. The number of thiazole rings is 1. The summed E-state index contributed by atoms with van der Waals surface area (Å²) in [6.07, 6.45) is 0. The van der Waals surface area contributed by atoms with E-state index in [9.17, 15) is 14.9 Å². The van der Waals surface area contributed by atoms with Gasteiger partial charge in [0, 0.05) is 16.3 Å². The highest BCUT2D eigenvalue weighted by molar-refractivity contribution is 7.14. The smallest absolute Gasteiger partial charge is 0.328 e. The van der Waals surface area contributed by atoms with E-state index in [-0.39, 0.29) is 24.5 Å². The zero-order chi connectivity index (χ0) is 18.0. The Morgan fingerprint density at radius 3 is 2.84 bits per heavy atom. The standard InChI is InChI=1S/C15H14N4O4S2/c1-9-14(19(21)22)10(2)18(17-9)5-13(20)23-6-12-8-25-15(16-12)11-3-4-24-7-11/h3-4,7-8H,5-6H2,1-2H3. The van der Waals surface area contributed by atoms with Crippen molar-refractivity contribution in [1.29, 1.82) is 0 Å². The fourth-order valence-corrected chi connectivity index (χ4v) is 3.84. The van der Waals surface area contributed by atoms with E-state index in [1.54, 1.807) is 18.3 Å². The molecule has 0 radical (unpaired) electrons. The Morgan fingerprint density at radius 2 is 2.20 bits per heavy atom. The average molecular weight is 378 g/mol. The number of nitro groups is 1. The minimum Gasteiger partial charge on any atom is -0.458 e. The van der Waals surface area contributed by atoms with E-state index in [0.717, 1.165) is 10.6 Å². The lowest BCUT2D eigenvalue weighted by Crippen LogP contribution is -2.15. The number of aromatic nitrogens is 3. The molecule has 0 atom stereocenters. The van der Waals surface area contributed by atoms with E-state index >= 15 is 0 Å². The van der Waals surface area contributed by atoms with Gasteiger partial charge in [0.2, 0.25) is 0 Å². The van der Waals surface area contributed by atoms with Crippen LogP contribution in [-0.2, 0) is 22.7 Å². The summed E-state index contributed by atoms with van der Waals surface area (Å²) in [4.78, 5) is 26.9. The third kappa shape index (κ3) is 3.74. The van der Waals surface area contributed by atoms with Crippen LogP contribution in [0.1, 0.15) is 17.1 Å². The van der Waals surface area contributed by atoms with Crippen molar-refractivity contribution in [3.8, 4) is 10.6 Å². The Morgan fingerprint density at radius 1 is 1.40 bits per heavy atom. The van der Waals surface area contributed by atoms with Crippen molar-refractivity contribution in [2.75, 3.05) is 0 Å². The van der Waals surface area contributed by atoms with Crippen LogP contribution in [0.4, 0.5) is 5.69 Å². The average Bonchev–Trinajstić information content (AvgIpc) is 3.26. The molecule has 0 aromatic carbocycles. The zero-order valence-corrected chi connectivity index (χ0v) is 15.1. The van der Waals surface area contributed by atoms with Crippen molar-refractivity contribution in [1.82, 2.24) is 14.8 Å². The molecule has 3 aromatic rings. The molecule has 0 aliphatic carbocycles. The monoisotopic (exact) mass is 378 g/mol.